The summed E-state index contributed by atoms with van der Waals surface area (Å²) in [6.45, 7) is 6.65. The summed E-state index contributed by atoms with van der Waals surface area (Å²) in [6.07, 6.45) is 4.01. The van der Waals surface area contributed by atoms with E-state index in [0.717, 1.165) is 6.20 Å². The first-order valence-electron chi connectivity index (χ1n) is 11.3. The Kier molecular flexibility index (Phi) is 7.12. The number of pyridine rings is 3. The highest BCUT2D eigenvalue weighted by atomic mass is 35.5. The van der Waals surface area contributed by atoms with Crippen LogP contribution in [0.15, 0.2) is 47.7 Å². The van der Waals surface area contributed by atoms with Gasteiger partial charge in [0.2, 0.25) is 0 Å². The van der Waals surface area contributed by atoms with E-state index in [0.29, 0.717) is 34.4 Å². The molecule has 0 aromatic carbocycles. The van der Waals surface area contributed by atoms with Gasteiger partial charge in [0, 0.05) is 30.2 Å². The largest absolute Gasteiger partial charge is 0.492 e. The van der Waals surface area contributed by atoms with Crippen LogP contribution in [0.5, 0.6) is 5.75 Å². The summed E-state index contributed by atoms with van der Waals surface area (Å²) < 4.78 is 34.5. The summed E-state index contributed by atoms with van der Waals surface area (Å²) in [7, 11) is 1.52. The minimum atomic E-state index is -1.25. The number of rotatable bonds is 6. The third kappa shape index (κ3) is 5.37. The molecule has 8 nitrogen and oxygen atoms in total. The molecular weight excluding hydrogens is 503 g/mol. The van der Waals surface area contributed by atoms with Gasteiger partial charge < -0.3 is 9.84 Å². The molecule has 4 rings (SSSR count). The van der Waals surface area contributed by atoms with Crippen molar-refractivity contribution in [2.45, 2.75) is 39.3 Å². The number of aliphatic hydroxyl groups is 1. The topological polar surface area (TPSA) is 103 Å². The van der Waals surface area contributed by atoms with Crippen LogP contribution in [0.1, 0.15) is 42.6 Å². The molecule has 0 bridgehead atoms. The number of hydrogen-bond acceptors (Lipinski definition) is 7. The van der Waals surface area contributed by atoms with Gasteiger partial charge in [-0.2, -0.15) is 0 Å². The first kappa shape index (κ1) is 26.4. The summed E-state index contributed by atoms with van der Waals surface area (Å²) in [5.74, 6) is -1.41. The first-order chi connectivity index (χ1) is 17.4. The van der Waals surface area contributed by atoms with Crippen LogP contribution in [0.3, 0.4) is 0 Å². The monoisotopic (exact) mass is 525 g/mol. The molecule has 0 saturated carbocycles. The van der Waals surface area contributed by atoms with Gasteiger partial charge in [-0.15, -0.1) is 0 Å². The van der Waals surface area contributed by atoms with Crippen LogP contribution in [0, 0.1) is 25.5 Å². The predicted octanol–water partition coefficient (Wildman–Crippen LogP) is 3.57. The molecular formula is C25H23BClF2N5O3. The third-order valence-corrected chi connectivity index (χ3v) is 5.95. The van der Waals surface area contributed by atoms with E-state index < -0.39 is 28.8 Å². The zero-order valence-corrected chi connectivity index (χ0v) is 21.5. The van der Waals surface area contributed by atoms with E-state index in [2.05, 4.69) is 19.9 Å². The molecule has 1 unspecified atom stereocenters. The van der Waals surface area contributed by atoms with Crippen LogP contribution in [0.2, 0.25) is 5.02 Å². The summed E-state index contributed by atoms with van der Waals surface area (Å²) in [4.78, 5) is 30.1. The maximum absolute atomic E-state index is 14.2. The molecule has 0 spiro atoms. The molecule has 0 amide bonds. The lowest BCUT2D eigenvalue weighted by Crippen LogP contribution is -2.23. The van der Waals surface area contributed by atoms with Gasteiger partial charge in [0.1, 0.15) is 33.9 Å². The summed E-state index contributed by atoms with van der Waals surface area (Å²) >= 11 is 6.40. The van der Waals surface area contributed by atoms with Gasteiger partial charge in [-0.3, -0.25) is 19.3 Å². The molecule has 190 valence electrons. The number of ether oxygens (including phenoxy) is 1. The van der Waals surface area contributed by atoms with E-state index in [1.807, 2.05) is 0 Å². The molecule has 0 aliphatic rings. The number of aryl methyl sites for hydroxylation is 2. The fraction of sp³-hybridized carbons (Fsp3) is 0.240. The van der Waals surface area contributed by atoms with Crippen LogP contribution >= 0.6 is 11.6 Å². The van der Waals surface area contributed by atoms with Gasteiger partial charge in [0.05, 0.1) is 23.3 Å². The van der Waals surface area contributed by atoms with Crippen molar-refractivity contribution in [1.82, 2.24) is 24.5 Å². The van der Waals surface area contributed by atoms with Crippen LogP contribution < -0.4 is 10.3 Å². The number of aromatic nitrogens is 5. The highest BCUT2D eigenvalue weighted by Gasteiger charge is 2.22. The van der Waals surface area contributed by atoms with Crippen molar-refractivity contribution in [3.63, 3.8) is 0 Å². The van der Waals surface area contributed by atoms with Gasteiger partial charge in [-0.1, -0.05) is 11.6 Å². The first-order valence-corrected chi connectivity index (χ1v) is 11.7. The average Bonchev–Trinajstić information content (AvgIpc) is 2.83. The molecule has 0 aliphatic heterocycles. The molecule has 37 heavy (non-hydrogen) atoms. The second-order valence-corrected chi connectivity index (χ2v) is 9.44. The van der Waals surface area contributed by atoms with Crippen molar-refractivity contribution >= 4 is 19.4 Å². The van der Waals surface area contributed by atoms with Gasteiger partial charge in [0.15, 0.2) is 19.5 Å². The van der Waals surface area contributed by atoms with Crippen molar-refractivity contribution in [2.24, 2.45) is 0 Å². The lowest BCUT2D eigenvalue weighted by atomic mass is 9.95. The maximum Gasteiger partial charge on any atom is 0.277 e. The lowest BCUT2D eigenvalue weighted by Gasteiger charge is -2.19. The van der Waals surface area contributed by atoms with E-state index in [4.69, 9.17) is 16.3 Å². The van der Waals surface area contributed by atoms with Crippen molar-refractivity contribution < 1.29 is 18.6 Å². The van der Waals surface area contributed by atoms with Crippen molar-refractivity contribution in [3.05, 3.63) is 92.6 Å². The van der Waals surface area contributed by atoms with E-state index in [1.54, 1.807) is 52.1 Å². The molecule has 4 aromatic heterocycles. The molecule has 4 heterocycles. The molecule has 0 saturated heterocycles. The average molecular weight is 526 g/mol. The van der Waals surface area contributed by atoms with E-state index in [-0.39, 0.29) is 22.3 Å². The minimum Gasteiger partial charge on any atom is -0.492 e. The van der Waals surface area contributed by atoms with Crippen LogP contribution in [-0.2, 0) is 5.60 Å². The van der Waals surface area contributed by atoms with Crippen molar-refractivity contribution in [1.29, 1.82) is 0 Å². The normalized spacial score (nSPS) is 12.4. The van der Waals surface area contributed by atoms with Gasteiger partial charge >= 0.3 is 0 Å². The Bertz CT molecular complexity index is 1560. The Hall–Kier alpha value is -3.70. The summed E-state index contributed by atoms with van der Waals surface area (Å²) in [5, 5.41) is 10.1. The Labute approximate surface area is 217 Å². The van der Waals surface area contributed by atoms with E-state index in [1.165, 1.54) is 18.6 Å². The molecule has 4 aromatic rings. The third-order valence-electron chi connectivity index (χ3n) is 5.61. The summed E-state index contributed by atoms with van der Waals surface area (Å²) in [5.41, 5.74) is 0.703. The Morgan fingerprint density at radius 2 is 1.84 bits per heavy atom. The molecule has 0 radical (unpaired) electrons. The second-order valence-electron chi connectivity index (χ2n) is 9.07. The van der Waals surface area contributed by atoms with Gasteiger partial charge in [-0.25, -0.2) is 18.7 Å². The van der Waals surface area contributed by atoms with Crippen LogP contribution in [0.4, 0.5) is 8.78 Å². The van der Waals surface area contributed by atoms with Gasteiger partial charge in [0.25, 0.3) is 5.56 Å². The zero-order chi connectivity index (χ0) is 27.1. The fourth-order valence-electron chi connectivity index (χ4n) is 3.73. The second kappa shape index (κ2) is 9.99. The number of halogens is 3. The quantitative estimate of drug-likeness (QED) is 0.384. The molecule has 1 N–H and O–H groups in total. The molecule has 0 fully saturated rings. The van der Waals surface area contributed by atoms with Crippen LogP contribution in [-0.4, -0.2) is 37.5 Å². The zero-order valence-electron chi connectivity index (χ0n) is 20.8. The van der Waals surface area contributed by atoms with Gasteiger partial charge in [-0.05, 0) is 45.4 Å². The smallest absolute Gasteiger partial charge is 0.277 e. The minimum absolute atomic E-state index is 0.0380. The van der Waals surface area contributed by atoms with Crippen molar-refractivity contribution in [3.8, 4) is 22.8 Å². The Morgan fingerprint density at radius 3 is 2.51 bits per heavy atom. The number of hydrogen-bond donors (Lipinski definition) is 1. The Morgan fingerprint density at radius 1 is 1.11 bits per heavy atom. The standard InChI is InChI=1S/C25H23BClF2N5O3/c1-12-10-31-17(16-5-6-30-24(33-16)25(3,4)36)9-18(12)34-13(2)7-19(20(27)23(34)35)37-22(26)21-15(29)8-14(28)11-32-21/h5-11,22,36H,26H2,1-4H3. The fourth-order valence-corrected chi connectivity index (χ4v) is 3.91. The number of nitrogens with zero attached hydrogens (tertiary/aromatic N) is 5. The summed E-state index contributed by atoms with van der Waals surface area (Å²) in [6, 6.07) is 4.67. The highest BCUT2D eigenvalue weighted by Crippen LogP contribution is 2.29. The van der Waals surface area contributed by atoms with E-state index >= 15 is 0 Å². The predicted molar refractivity (Wildman–Crippen MR) is 137 cm³/mol. The Balaban J connectivity index is 1.75. The molecule has 12 heteroatoms. The highest BCUT2D eigenvalue weighted by molar-refractivity contribution is 6.31. The van der Waals surface area contributed by atoms with Crippen molar-refractivity contribution in [2.75, 3.05) is 0 Å². The molecule has 0 aliphatic carbocycles. The molecule has 1 atom stereocenters. The maximum atomic E-state index is 14.2. The van der Waals surface area contributed by atoms with E-state index in [9.17, 15) is 18.7 Å². The lowest BCUT2D eigenvalue weighted by molar-refractivity contribution is 0.0688. The van der Waals surface area contributed by atoms with Crippen LogP contribution in [0.25, 0.3) is 17.1 Å². The SMILES string of the molecule is BC(Oc1cc(C)n(-c2cc(-c3ccnc(C(C)(C)O)n3)ncc2C)c(=O)c1Cl)c1ncc(F)cc1F.